The molecule has 7 aliphatic heterocycles. The molecule has 2 aliphatic carbocycles. The average molecular weight is 541 g/mol. The molecule has 2 saturated carbocycles. The fourth-order valence-electron chi connectivity index (χ4n) is 11.3. The summed E-state index contributed by atoms with van der Waals surface area (Å²) in [5.74, 6) is -7.47. The van der Waals surface area contributed by atoms with E-state index >= 15 is 0 Å². The highest BCUT2D eigenvalue weighted by Crippen LogP contribution is 2.84. The summed E-state index contributed by atoms with van der Waals surface area (Å²) in [4.78, 5) is 39.4. The fraction of sp³-hybridized carbons (Fsp3) is 0.759. The lowest BCUT2D eigenvalue weighted by molar-refractivity contribution is -0.392. The van der Waals surface area contributed by atoms with Crippen LogP contribution in [-0.2, 0) is 38.1 Å². The van der Waals surface area contributed by atoms with Gasteiger partial charge in [0.25, 0.3) is 0 Å². The zero-order chi connectivity index (χ0) is 27.4. The van der Waals surface area contributed by atoms with E-state index in [2.05, 4.69) is 6.92 Å². The van der Waals surface area contributed by atoms with Crippen LogP contribution in [0.4, 0.5) is 0 Å². The van der Waals surface area contributed by atoms with Gasteiger partial charge in [0.1, 0.15) is 17.5 Å². The molecule has 9 rings (SSSR count). The molecular weight excluding hydrogens is 508 g/mol. The van der Waals surface area contributed by atoms with Crippen LogP contribution in [0, 0.1) is 40.9 Å². The van der Waals surface area contributed by atoms with Crippen LogP contribution in [0.15, 0.2) is 23.0 Å². The van der Waals surface area contributed by atoms with E-state index in [4.69, 9.17) is 23.7 Å². The Labute approximate surface area is 224 Å². The van der Waals surface area contributed by atoms with Crippen LogP contribution < -0.4 is 0 Å². The number of esters is 2. The Kier molecular flexibility index (Phi) is 3.67. The first-order valence-corrected chi connectivity index (χ1v) is 14.1. The van der Waals surface area contributed by atoms with Crippen molar-refractivity contribution in [3.8, 4) is 0 Å². The zero-order valence-corrected chi connectivity index (χ0v) is 22.5. The molecule has 9 aliphatic rings. The third kappa shape index (κ3) is 2.05. The van der Waals surface area contributed by atoms with E-state index in [1.54, 1.807) is 13.0 Å². The minimum absolute atomic E-state index is 0.0482. The summed E-state index contributed by atoms with van der Waals surface area (Å²) in [5.41, 5.74) is -3.10. The minimum atomic E-state index is -2.23. The van der Waals surface area contributed by atoms with Gasteiger partial charge in [-0.15, -0.1) is 0 Å². The summed E-state index contributed by atoms with van der Waals surface area (Å²) in [6, 6.07) is 0. The van der Waals surface area contributed by atoms with Crippen LogP contribution >= 0.6 is 0 Å². The average Bonchev–Trinajstić information content (AvgIpc) is 3.15. The van der Waals surface area contributed by atoms with Crippen LogP contribution in [-0.4, -0.2) is 68.5 Å². The summed E-state index contributed by atoms with van der Waals surface area (Å²) in [6.07, 6.45) is 0.638. The van der Waals surface area contributed by atoms with Crippen LogP contribution in [0.25, 0.3) is 0 Å². The third-order valence-corrected chi connectivity index (χ3v) is 12.5. The maximum Gasteiger partial charge on any atom is 0.339 e. The molecule has 4 bridgehead atoms. The number of allylic oxidation sites excluding steroid dienone is 2. The number of ketones is 1. The van der Waals surface area contributed by atoms with Crippen molar-refractivity contribution in [3.05, 3.63) is 23.0 Å². The highest BCUT2D eigenvalue weighted by atomic mass is 16.7. The van der Waals surface area contributed by atoms with Gasteiger partial charge in [0, 0.05) is 17.4 Å². The molecular formula is C29H32O10. The Hall–Kier alpha value is -2.11. The van der Waals surface area contributed by atoms with Crippen LogP contribution in [0.2, 0.25) is 0 Å². The van der Waals surface area contributed by atoms with Crippen molar-refractivity contribution in [1.82, 2.24) is 0 Å². The van der Waals surface area contributed by atoms with Crippen molar-refractivity contribution >= 4 is 17.7 Å². The summed E-state index contributed by atoms with van der Waals surface area (Å²) < 4.78 is 31.1. The molecule has 13 atom stereocenters. The lowest BCUT2D eigenvalue weighted by Gasteiger charge is -2.53. The monoisotopic (exact) mass is 540 g/mol. The quantitative estimate of drug-likeness (QED) is 0.432. The maximum absolute atomic E-state index is 14.2. The smallest absolute Gasteiger partial charge is 0.339 e. The van der Waals surface area contributed by atoms with E-state index in [0.717, 1.165) is 5.57 Å². The number of hydrogen-bond acceptors (Lipinski definition) is 10. The van der Waals surface area contributed by atoms with E-state index < -0.39 is 81.5 Å². The summed E-state index contributed by atoms with van der Waals surface area (Å²) in [7, 11) is 0. The molecule has 39 heavy (non-hydrogen) atoms. The molecule has 0 amide bonds. The lowest BCUT2D eigenvalue weighted by Crippen LogP contribution is -2.73. The molecule has 6 saturated heterocycles. The van der Waals surface area contributed by atoms with Gasteiger partial charge < -0.3 is 33.9 Å². The maximum atomic E-state index is 14.2. The van der Waals surface area contributed by atoms with Crippen molar-refractivity contribution in [2.45, 2.75) is 94.5 Å². The van der Waals surface area contributed by atoms with Crippen molar-refractivity contribution in [2.75, 3.05) is 0 Å². The fourth-order valence-corrected chi connectivity index (χ4v) is 11.3. The predicted molar refractivity (Wildman–Crippen MR) is 127 cm³/mol. The van der Waals surface area contributed by atoms with Gasteiger partial charge >= 0.3 is 11.9 Å². The Bertz CT molecular complexity index is 1410. The van der Waals surface area contributed by atoms with Gasteiger partial charge in [-0.25, -0.2) is 4.79 Å². The van der Waals surface area contributed by atoms with Crippen LogP contribution in [0.1, 0.15) is 53.9 Å². The number of carbonyl (C=O) groups excluding carboxylic acids is 3. The zero-order valence-electron chi connectivity index (χ0n) is 22.5. The van der Waals surface area contributed by atoms with Gasteiger partial charge in [0.05, 0.1) is 24.0 Å². The second kappa shape index (κ2) is 6.06. The van der Waals surface area contributed by atoms with Gasteiger partial charge in [-0.1, -0.05) is 13.8 Å². The lowest BCUT2D eigenvalue weighted by atomic mass is 9.63. The number of ether oxygens (including phenoxy) is 5. The van der Waals surface area contributed by atoms with E-state index in [-0.39, 0.29) is 30.6 Å². The Balaban J connectivity index is 1.28. The Morgan fingerprint density at radius 2 is 1.82 bits per heavy atom. The van der Waals surface area contributed by atoms with Crippen molar-refractivity contribution in [3.63, 3.8) is 0 Å². The first-order chi connectivity index (χ1) is 18.2. The number of cyclic esters (lactones) is 1. The van der Waals surface area contributed by atoms with E-state index in [0.29, 0.717) is 17.8 Å². The van der Waals surface area contributed by atoms with Crippen molar-refractivity contribution in [1.29, 1.82) is 0 Å². The first kappa shape index (κ1) is 23.6. The molecule has 0 aromatic heterocycles. The number of rotatable bonds is 0. The number of Topliss-reactive ketones (excluding diaryl/α,β-unsaturated/α-hetero) is 1. The second-order valence-corrected chi connectivity index (χ2v) is 14.3. The molecule has 10 nitrogen and oxygen atoms in total. The number of aliphatic hydroxyl groups is 2. The number of carbonyl (C=O) groups is 3. The highest BCUT2D eigenvalue weighted by Gasteiger charge is 2.95. The second-order valence-electron chi connectivity index (χ2n) is 14.3. The number of fused-ring (bicyclic) bond motifs is 6. The molecule has 8 fully saturated rings. The largest absolute Gasteiger partial charge is 0.450 e. The van der Waals surface area contributed by atoms with Crippen molar-refractivity contribution in [2.24, 2.45) is 40.9 Å². The molecule has 0 aromatic rings. The van der Waals surface area contributed by atoms with Gasteiger partial charge in [-0.2, -0.15) is 0 Å². The molecule has 0 aromatic carbocycles. The Morgan fingerprint density at radius 3 is 2.51 bits per heavy atom. The first-order valence-electron chi connectivity index (χ1n) is 14.1. The molecule has 208 valence electrons. The molecule has 10 heteroatoms. The predicted octanol–water partition coefficient (Wildman–Crippen LogP) is 1.28. The highest BCUT2D eigenvalue weighted by molar-refractivity contribution is 5.94. The minimum Gasteiger partial charge on any atom is -0.450 e. The Morgan fingerprint density at radius 1 is 1.08 bits per heavy atom. The number of hydrogen-bond donors (Lipinski definition) is 2. The van der Waals surface area contributed by atoms with Crippen molar-refractivity contribution < 1.29 is 48.3 Å². The van der Waals surface area contributed by atoms with E-state index in [9.17, 15) is 24.6 Å². The molecule has 2 N–H and O–H groups in total. The molecule has 7 heterocycles. The van der Waals surface area contributed by atoms with Gasteiger partial charge in [-0.05, 0) is 68.4 Å². The normalized spacial score (nSPS) is 62.2. The van der Waals surface area contributed by atoms with Gasteiger partial charge in [0.2, 0.25) is 23.0 Å². The van der Waals surface area contributed by atoms with Gasteiger partial charge in [-0.3, -0.25) is 9.59 Å². The van der Waals surface area contributed by atoms with Gasteiger partial charge in [0.15, 0.2) is 0 Å². The molecule has 2 spiro atoms. The summed E-state index contributed by atoms with van der Waals surface area (Å²) >= 11 is 0. The van der Waals surface area contributed by atoms with Crippen LogP contribution in [0.5, 0.6) is 0 Å². The third-order valence-electron chi connectivity index (χ3n) is 12.5. The standard InChI is InChI=1S/C29H32O10/c1-10-6-13(35-23(10)32)18-11(2)19-21-25(19,5)12(18)9-26-20(22(31)28(21,33)39-26)14-7-15-24(3,4)37-16-8-17(30)38-27(15,16)29(26,34)36-14/h6,11-12,14-16,19-21,33-34H,7-9H2,1-5H3/b18-13-/t11-,12-,14-,15+,16-,19-,20+,21+,25-,26-,27-,28+,29-/m1/s1. The molecule has 0 unspecified atom stereocenters. The summed E-state index contributed by atoms with van der Waals surface area (Å²) in [5, 5.41) is 25.0. The van der Waals surface area contributed by atoms with Crippen LogP contribution in [0.3, 0.4) is 0 Å². The summed E-state index contributed by atoms with van der Waals surface area (Å²) in [6.45, 7) is 9.62. The SMILES string of the molecule is CC1=C/C(=C2\[C@@H](C)[C@@H]3[C@H]4[C@]3(C)[C@@H]2C[C@@]23O[C@]4(O)C(=O)[C@@H]2[C@H]2C[C@H]4C(C)(C)O[C@@H]5CC(=O)O[C@@]54[C@]3(O)O2)OC1=O. The molecule has 0 radical (unpaired) electrons. The topological polar surface area (TPSA) is 138 Å². The van der Waals surface area contributed by atoms with E-state index in [1.165, 1.54) is 0 Å². The van der Waals surface area contributed by atoms with E-state index in [1.807, 2.05) is 20.8 Å².